The number of hydrogen-bond donors (Lipinski definition) is 1. The second kappa shape index (κ2) is 5.38. The smallest absolute Gasteiger partial charge is 0.139 e. The molecule has 0 radical (unpaired) electrons. The molecule has 20 heavy (non-hydrogen) atoms. The molecule has 1 N–H and O–H groups in total. The van der Waals surface area contributed by atoms with Crippen molar-refractivity contribution < 1.29 is 5.11 Å². The molecule has 0 amide bonds. The third kappa shape index (κ3) is 2.67. The summed E-state index contributed by atoms with van der Waals surface area (Å²) in [6.07, 6.45) is 10.6. The first kappa shape index (κ1) is 12.7. The third-order valence-corrected chi connectivity index (χ3v) is 3.33. The summed E-state index contributed by atoms with van der Waals surface area (Å²) in [6.45, 7) is 1.19. The first-order valence-electron chi connectivity index (χ1n) is 6.14. The summed E-state index contributed by atoms with van der Waals surface area (Å²) < 4.78 is 3.83. The summed E-state index contributed by atoms with van der Waals surface area (Å²) in [6, 6.07) is 3.72. The summed E-state index contributed by atoms with van der Waals surface area (Å²) in [5.41, 5.74) is 1.78. The average molecular weight is 289 g/mol. The minimum atomic E-state index is 0.120. The van der Waals surface area contributed by atoms with Gasteiger partial charge in [-0.25, -0.2) is 9.97 Å². The van der Waals surface area contributed by atoms with E-state index in [4.69, 9.17) is 11.6 Å². The lowest BCUT2D eigenvalue weighted by Gasteiger charge is -2.11. The molecule has 0 fully saturated rings. The zero-order chi connectivity index (χ0) is 13.9. The Labute approximate surface area is 121 Å². The Hall–Kier alpha value is -2.27. The van der Waals surface area contributed by atoms with E-state index in [1.165, 1.54) is 0 Å². The van der Waals surface area contributed by atoms with Gasteiger partial charge in [-0.2, -0.15) is 0 Å². The number of aromatic nitrogens is 4. The fourth-order valence-corrected chi connectivity index (χ4v) is 2.36. The minimum absolute atomic E-state index is 0.120. The highest BCUT2D eigenvalue weighted by Gasteiger charge is 2.09. The number of nitrogens with zero attached hydrogens (tertiary/aromatic N) is 4. The molecule has 0 saturated carbocycles. The molecule has 5 nitrogen and oxygen atoms in total. The maximum atomic E-state index is 10.1. The fourth-order valence-electron chi connectivity index (χ4n) is 2.10. The number of phenolic OH excluding ortho intramolecular Hbond substituents is 1. The molecule has 3 rings (SSSR count). The van der Waals surface area contributed by atoms with Crippen molar-refractivity contribution >= 4 is 11.6 Å². The van der Waals surface area contributed by atoms with Crippen LogP contribution < -0.4 is 0 Å². The maximum absolute atomic E-state index is 10.1. The average Bonchev–Trinajstić information content (AvgIpc) is 3.08. The molecule has 0 saturated heterocycles. The number of imidazole rings is 2. The highest BCUT2D eigenvalue weighted by molar-refractivity contribution is 6.32. The van der Waals surface area contributed by atoms with Crippen molar-refractivity contribution in [1.29, 1.82) is 0 Å². The van der Waals surface area contributed by atoms with Crippen molar-refractivity contribution in [3.8, 4) is 5.75 Å². The lowest BCUT2D eigenvalue weighted by Crippen LogP contribution is -2.01. The Morgan fingerprint density at radius 3 is 2.25 bits per heavy atom. The van der Waals surface area contributed by atoms with Crippen molar-refractivity contribution in [1.82, 2.24) is 19.1 Å². The molecule has 3 aromatic rings. The molecule has 0 unspecified atom stereocenters. The lowest BCUT2D eigenvalue weighted by molar-refractivity contribution is 0.465. The van der Waals surface area contributed by atoms with Crippen LogP contribution in [0.1, 0.15) is 11.1 Å². The Morgan fingerprint density at radius 2 is 1.65 bits per heavy atom. The molecule has 0 spiro atoms. The van der Waals surface area contributed by atoms with E-state index in [0.29, 0.717) is 18.1 Å². The molecule has 2 heterocycles. The maximum Gasteiger partial charge on any atom is 0.139 e. The minimum Gasteiger partial charge on any atom is -0.506 e. The summed E-state index contributed by atoms with van der Waals surface area (Å²) in [7, 11) is 0. The summed E-state index contributed by atoms with van der Waals surface area (Å²) >= 11 is 6.10. The molecule has 0 atom stereocenters. The van der Waals surface area contributed by atoms with Crippen LogP contribution >= 0.6 is 11.6 Å². The lowest BCUT2D eigenvalue weighted by atomic mass is 10.1. The van der Waals surface area contributed by atoms with Crippen molar-refractivity contribution in [2.75, 3.05) is 0 Å². The van der Waals surface area contributed by atoms with Crippen LogP contribution in [0, 0.1) is 0 Å². The summed E-state index contributed by atoms with van der Waals surface area (Å²) in [5, 5.41) is 10.4. The Morgan fingerprint density at radius 1 is 1.00 bits per heavy atom. The number of benzene rings is 1. The van der Waals surface area contributed by atoms with Gasteiger partial charge >= 0.3 is 0 Å². The first-order valence-corrected chi connectivity index (χ1v) is 6.52. The van der Waals surface area contributed by atoms with Crippen molar-refractivity contribution in [3.63, 3.8) is 0 Å². The Bertz CT molecular complexity index is 692. The fraction of sp³-hybridized carbons (Fsp3) is 0.143. The van der Waals surface area contributed by atoms with E-state index in [9.17, 15) is 5.11 Å². The van der Waals surface area contributed by atoms with E-state index in [2.05, 4.69) is 9.97 Å². The van der Waals surface area contributed by atoms with Gasteiger partial charge in [-0.15, -0.1) is 0 Å². The Kier molecular flexibility index (Phi) is 3.43. The molecule has 1 aromatic carbocycles. The van der Waals surface area contributed by atoms with Crippen LogP contribution in [0.3, 0.4) is 0 Å². The summed E-state index contributed by atoms with van der Waals surface area (Å²) in [5.74, 6) is 0.120. The van der Waals surface area contributed by atoms with Gasteiger partial charge < -0.3 is 14.2 Å². The molecule has 6 heteroatoms. The van der Waals surface area contributed by atoms with Gasteiger partial charge in [0.15, 0.2) is 0 Å². The van der Waals surface area contributed by atoms with E-state index in [1.807, 2.05) is 27.6 Å². The predicted octanol–water partition coefficient (Wildman–Crippen LogP) is 2.54. The molecule has 0 aliphatic heterocycles. The highest BCUT2D eigenvalue weighted by Crippen LogP contribution is 2.30. The quantitative estimate of drug-likeness (QED) is 0.803. The van der Waals surface area contributed by atoms with Gasteiger partial charge in [0.25, 0.3) is 0 Å². The standard InChI is InChI=1S/C14H13ClN4O/c15-13-6-11(7-18-3-1-16-9-18)5-12(14(13)20)8-19-4-2-17-10-19/h1-6,9-10,20H,7-8H2. The normalized spacial score (nSPS) is 10.8. The van der Waals surface area contributed by atoms with Crippen molar-refractivity contribution in [2.24, 2.45) is 0 Å². The number of hydrogen-bond acceptors (Lipinski definition) is 3. The molecular weight excluding hydrogens is 276 g/mol. The zero-order valence-corrected chi connectivity index (χ0v) is 11.4. The van der Waals surface area contributed by atoms with E-state index in [-0.39, 0.29) is 5.75 Å². The van der Waals surface area contributed by atoms with Gasteiger partial charge in [-0.1, -0.05) is 11.6 Å². The molecule has 102 valence electrons. The third-order valence-electron chi connectivity index (χ3n) is 3.04. The molecular formula is C14H13ClN4O. The number of rotatable bonds is 4. The van der Waals surface area contributed by atoms with Crippen LogP contribution in [0.4, 0.5) is 0 Å². The van der Waals surface area contributed by atoms with E-state index in [0.717, 1.165) is 11.1 Å². The van der Waals surface area contributed by atoms with Gasteiger partial charge in [-0.05, 0) is 17.7 Å². The Balaban J connectivity index is 1.90. The number of halogens is 1. The predicted molar refractivity (Wildman–Crippen MR) is 75.8 cm³/mol. The van der Waals surface area contributed by atoms with Crippen molar-refractivity contribution in [3.05, 3.63) is 65.7 Å². The monoisotopic (exact) mass is 288 g/mol. The van der Waals surface area contributed by atoms with Crippen molar-refractivity contribution in [2.45, 2.75) is 13.1 Å². The van der Waals surface area contributed by atoms with Gasteiger partial charge in [0.05, 0.1) is 24.2 Å². The van der Waals surface area contributed by atoms with Crippen LogP contribution in [0.15, 0.2) is 49.6 Å². The van der Waals surface area contributed by atoms with Gasteiger partial charge in [0, 0.05) is 36.9 Å². The highest BCUT2D eigenvalue weighted by atomic mass is 35.5. The van der Waals surface area contributed by atoms with Crippen LogP contribution in [0.25, 0.3) is 0 Å². The molecule has 0 bridgehead atoms. The van der Waals surface area contributed by atoms with Gasteiger partial charge in [0.2, 0.25) is 0 Å². The topological polar surface area (TPSA) is 55.9 Å². The van der Waals surface area contributed by atoms with E-state index in [1.54, 1.807) is 31.1 Å². The van der Waals surface area contributed by atoms with E-state index < -0.39 is 0 Å². The van der Waals surface area contributed by atoms with Crippen LogP contribution in [-0.4, -0.2) is 24.2 Å². The number of phenols is 1. The zero-order valence-electron chi connectivity index (χ0n) is 10.6. The first-order chi connectivity index (χ1) is 9.72. The van der Waals surface area contributed by atoms with E-state index >= 15 is 0 Å². The SMILES string of the molecule is Oc1c(Cl)cc(Cn2ccnc2)cc1Cn1ccnc1. The van der Waals surface area contributed by atoms with Crippen LogP contribution in [0.2, 0.25) is 5.02 Å². The van der Waals surface area contributed by atoms with Crippen LogP contribution in [0.5, 0.6) is 5.75 Å². The van der Waals surface area contributed by atoms with Gasteiger partial charge in [0.1, 0.15) is 5.75 Å². The second-order valence-corrected chi connectivity index (χ2v) is 4.96. The number of aromatic hydroxyl groups is 1. The van der Waals surface area contributed by atoms with Crippen LogP contribution in [-0.2, 0) is 13.1 Å². The largest absolute Gasteiger partial charge is 0.506 e. The van der Waals surface area contributed by atoms with Gasteiger partial charge in [-0.3, -0.25) is 0 Å². The molecule has 0 aliphatic rings. The second-order valence-electron chi connectivity index (χ2n) is 4.56. The molecule has 2 aromatic heterocycles. The molecule has 0 aliphatic carbocycles. The summed E-state index contributed by atoms with van der Waals surface area (Å²) in [4.78, 5) is 8.00.